The van der Waals surface area contributed by atoms with Gasteiger partial charge in [0.25, 0.3) is 0 Å². The van der Waals surface area contributed by atoms with Crippen molar-refractivity contribution in [2.45, 2.75) is 26.7 Å². The summed E-state index contributed by atoms with van der Waals surface area (Å²) in [5.41, 5.74) is 0.770. The van der Waals surface area contributed by atoms with Crippen LogP contribution in [0.15, 0.2) is 10.6 Å². The van der Waals surface area contributed by atoms with Crippen LogP contribution in [0.4, 0.5) is 0 Å². The van der Waals surface area contributed by atoms with Crippen LogP contribution in [0.5, 0.6) is 0 Å². The second-order valence-corrected chi connectivity index (χ2v) is 2.84. The molecule has 1 aromatic rings. The Balaban J connectivity index is 2.67. The van der Waals surface area contributed by atoms with Crippen molar-refractivity contribution in [3.05, 3.63) is 17.5 Å². The summed E-state index contributed by atoms with van der Waals surface area (Å²) in [5, 5.41) is 3.70. The maximum Gasteiger partial charge on any atom is 0.316 e. The van der Waals surface area contributed by atoms with Crippen molar-refractivity contribution in [3.63, 3.8) is 0 Å². The van der Waals surface area contributed by atoms with Crippen LogP contribution in [0.2, 0.25) is 0 Å². The van der Waals surface area contributed by atoms with Gasteiger partial charge in [0.1, 0.15) is 5.92 Å². The number of aryl methyl sites for hydroxylation is 1. The van der Waals surface area contributed by atoms with E-state index in [0.29, 0.717) is 12.4 Å². The van der Waals surface area contributed by atoms with Crippen LogP contribution in [0.3, 0.4) is 0 Å². The van der Waals surface area contributed by atoms with Gasteiger partial charge >= 0.3 is 5.97 Å². The van der Waals surface area contributed by atoms with Gasteiger partial charge in [-0.25, -0.2) is 0 Å². The minimum Gasteiger partial charge on any atom is -0.465 e. The SMILES string of the molecule is CCOC(=O)C(C)c1cc(C)no1. The third-order valence-corrected chi connectivity index (χ3v) is 1.71. The Bertz CT molecular complexity index is 293. The summed E-state index contributed by atoms with van der Waals surface area (Å²) in [7, 11) is 0. The van der Waals surface area contributed by atoms with Crippen molar-refractivity contribution >= 4 is 5.97 Å². The molecule has 1 aromatic heterocycles. The Hall–Kier alpha value is -1.32. The van der Waals surface area contributed by atoms with Crippen LogP contribution in [0, 0.1) is 6.92 Å². The molecule has 72 valence electrons. The van der Waals surface area contributed by atoms with Crippen molar-refractivity contribution in [2.24, 2.45) is 0 Å². The third kappa shape index (κ3) is 2.31. The molecule has 1 rings (SSSR count). The van der Waals surface area contributed by atoms with E-state index in [0.717, 1.165) is 5.69 Å². The summed E-state index contributed by atoms with van der Waals surface area (Å²) in [4.78, 5) is 11.2. The number of nitrogens with zero attached hydrogens (tertiary/aromatic N) is 1. The molecule has 0 N–H and O–H groups in total. The third-order valence-electron chi connectivity index (χ3n) is 1.71. The Morgan fingerprint density at radius 2 is 2.46 bits per heavy atom. The molecule has 1 atom stereocenters. The molecular weight excluding hydrogens is 170 g/mol. The maximum atomic E-state index is 11.2. The lowest BCUT2D eigenvalue weighted by atomic mass is 10.1. The number of hydrogen-bond donors (Lipinski definition) is 0. The van der Waals surface area contributed by atoms with E-state index in [1.54, 1.807) is 19.9 Å². The van der Waals surface area contributed by atoms with Gasteiger partial charge in [0.15, 0.2) is 5.76 Å². The van der Waals surface area contributed by atoms with Crippen molar-refractivity contribution in [2.75, 3.05) is 6.61 Å². The van der Waals surface area contributed by atoms with Crippen molar-refractivity contribution in [1.29, 1.82) is 0 Å². The fourth-order valence-electron chi connectivity index (χ4n) is 0.971. The van der Waals surface area contributed by atoms with Gasteiger partial charge in [-0.3, -0.25) is 4.79 Å². The summed E-state index contributed by atoms with van der Waals surface area (Å²) in [6.45, 7) is 5.70. The molecule has 13 heavy (non-hydrogen) atoms. The summed E-state index contributed by atoms with van der Waals surface area (Å²) < 4.78 is 9.78. The Labute approximate surface area is 76.9 Å². The van der Waals surface area contributed by atoms with E-state index in [9.17, 15) is 4.79 Å². The van der Waals surface area contributed by atoms with Gasteiger partial charge in [0.2, 0.25) is 0 Å². The summed E-state index contributed by atoms with van der Waals surface area (Å²) in [6.07, 6.45) is 0. The van der Waals surface area contributed by atoms with Gasteiger partial charge in [-0.15, -0.1) is 0 Å². The maximum absolute atomic E-state index is 11.2. The number of hydrogen-bond acceptors (Lipinski definition) is 4. The first-order chi connectivity index (χ1) is 6.15. The van der Waals surface area contributed by atoms with Crippen LogP contribution in [-0.2, 0) is 9.53 Å². The number of ether oxygens (including phenoxy) is 1. The highest BCUT2D eigenvalue weighted by molar-refractivity contribution is 5.76. The smallest absolute Gasteiger partial charge is 0.316 e. The average molecular weight is 183 g/mol. The highest BCUT2D eigenvalue weighted by Crippen LogP contribution is 2.17. The van der Waals surface area contributed by atoms with Gasteiger partial charge < -0.3 is 9.26 Å². The first kappa shape index (κ1) is 9.77. The number of esters is 1. The van der Waals surface area contributed by atoms with E-state index in [4.69, 9.17) is 9.26 Å². The van der Waals surface area contributed by atoms with E-state index < -0.39 is 0 Å². The van der Waals surface area contributed by atoms with Gasteiger partial charge in [-0.05, 0) is 20.8 Å². The first-order valence-electron chi connectivity index (χ1n) is 4.25. The largest absolute Gasteiger partial charge is 0.465 e. The predicted molar refractivity (Wildman–Crippen MR) is 46.3 cm³/mol. The zero-order valence-corrected chi connectivity index (χ0v) is 8.03. The van der Waals surface area contributed by atoms with Crippen LogP contribution in [0.25, 0.3) is 0 Å². The van der Waals surface area contributed by atoms with E-state index in [2.05, 4.69) is 5.16 Å². The number of carbonyl (C=O) groups excluding carboxylic acids is 1. The van der Waals surface area contributed by atoms with Crippen molar-refractivity contribution < 1.29 is 14.1 Å². The predicted octanol–water partition coefficient (Wildman–Crippen LogP) is 1.65. The molecule has 0 radical (unpaired) electrons. The average Bonchev–Trinajstić information content (AvgIpc) is 2.51. The van der Waals surface area contributed by atoms with Gasteiger partial charge in [0, 0.05) is 6.07 Å². The monoisotopic (exact) mass is 183 g/mol. The molecule has 0 saturated carbocycles. The molecule has 0 aliphatic rings. The van der Waals surface area contributed by atoms with Gasteiger partial charge in [-0.1, -0.05) is 5.16 Å². The Morgan fingerprint density at radius 1 is 1.77 bits per heavy atom. The number of rotatable bonds is 3. The normalized spacial score (nSPS) is 12.5. The second-order valence-electron chi connectivity index (χ2n) is 2.84. The second kappa shape index (κ2) is 4.07. The molecule has 0 fully saturated rings. The molecule has 0 bridgehead atoms. The summed E-state index contributed by atoms with van der Waals surface area (Å²) in [6, 6.07) is 1.74. The van der Waals surface area contributed by atoms with Crippen LogP contribution in [-0.4, -0.2) is 17.7 Å². The molecule has 1 heterocycles. The molecule has 4 nitrogen and oxygen atoms in total. The highest BCUT2D eigenvalue weighted by Gasteiger charge is 2.20. The molecule has 4 heteroatoms. The first-order valence-corrected chi connectivity index (χ1v) is 4.25. The number of carbonyl (C=O) groups is 1. The molecule has 0 amide bonds. The molecular formula is C9H13NO3. The molecule has 0 aliphatic heterocycles. The van der Waals surface area contributed by atoms with Crippen molar-refractivity contribution in [1.82, 2.24) is 5.16 Å². The highest BCUT2D eigenvalue weighted by atomic mass is 16.5. The quantitative estimate of drug-likeness (QED) is 0.668. The van der Waals surface area contributed by atoms with Gasteiger partial charge in [-0.2, -0.15) is 0 Å². The molecule has 0 spiro atoms. The van der Waals surface area contributed by atoms with Crippen LogP contribution < -0.4 is 0 Å². The standard InChI is InChI=1S/C9H13NO3/c1-4-12-9(11)7(3)8-5-6(2)10-13-8/h5,7H,4H2,1-3H3. The Morgan fingerprint density at radius 3 is 2.92 bits per heavy atom. The lowest BCUT2D eigenvalue weighted by Crippen LogP contribution is -2.12. The molecule has 0 saturated heterocycles. The van der Waals surface area contributed by atoms with Gasteiger partial charge in [0.05, 0.1) is 12.3 Å². The van der Waals surface area contributed by atoms with Crippen molar-refractivity contribution in [3.8, 4) is 0 Å². The molecule has 1 unspecified atom stereocenters. The van der Waals surface area contributed by atoms with E-state index in [1.165, 1.54) is 0 Å². The summed E-state index contributed by atoms with van der Waals surface area (Å²) >= 11 is 0. The minimum atomic E-state index is -0.374. The zero-order valence-electron chi connectivity index (χ0n) is 8.03. The van der Waals surface area contributed by atoms with E-state index in [-0.39, 0.29) is 11.9 Å². The fraction of sp³-hybridized carbons (Fsp3) is 0.556. The fourth-order valence-corrected chi connectivity index (χ4v) is 0.971. The lowest BCUT2D eigenvalue weighted by molar-refractivity contribution is -0.144. The minimum absolute atomic E-state index is 0.279. The van der Waals surface area contributed by atoms with Crippen LogP contribution in [0.1, 0.15) is 31.2 Å². The summed E-state index contributed by atoms with van der Waals surface area (Å²) in [5.74, 6) is -0.101. The van der Waals surface area contributed by atoms with E-state index in [1.807, 2.05) is 6.92 Å². The lowest BCUT2D eigenvalue weighted by Gasteiger charge is -2.05. The molecule has 0 aromatic carbocycles. The van der Waals surface area contributed by atoms with Crippen LogP contribution >= 0.6 is 0 Å². The zero-order chi connectivity index (χ0) is 9.84. The Kier molecular flexibility index (Phi) is 3.06. The topological polar surface area (TPSA) is 52.3 Å². The molecule has 0 aliphatic carbocycles. The number of aromatic nitrogens is 1. The van der Waals surface area contributed by atoms with E-state index >= 15 is 0 Å².